The van der Waals surface area contributed by atoms with E-state index >= 15 is 0 Å². The summed E-state index contributed by atoms with van der Waals surface area (Å²) in [4.78, 5) is 22.0. The van der Waals surface area contributed by atoms with Crippen molar-refractivity contribution in [3.63, 3.8) is 0 Å². The Morgan fingerprint density at radius 3 is 2.10 bits per heavy atom. The van der Waals surface area contributed by atoms with Gasteiger partial charge in [0.15, 0.2) is 11.1 Å². The molecule has 1 aliphatic heterocycles. The van der Waals surface area contributed by atoms with Gasteiger partial charge in [0.25, 0.3) is 0 Å². The molecule has 0 amide bonds. The Kier molecular flexibility index (Phi) is 6.87. The van der Waals surface area contributed by atoms with Crippen molar-refractivity contribution in [2.45, 2.75) is 43.3 Å². The van der Waals surface area contributed by atoms with E-state index in [-0.39, 0.29) is 6.61 Å². The lowest BCUT2D eigenvalue weighted by Gasteiger charge is -2.42. The molecule has 20 heavy (non-hydrogen) atoms. The van der Waals surface area contributed by atoms with Crippen molar-refractivity contribution in [2.24, 2.45) is 0 Å². The van der Waals surface area contributed by atoms with E-state index < -0.39 is 41.4 Å². The minimum Gasteiger partial charge on any atom is -0.463 e. The molecule has 0 unspecified atom stereocenters. The lowest BCUT2D eigenvalue weighted by atomic mass is 9.99. The Hall–Kier alpha value is -0.700. The van der Waals surface area contributed by atoms with Crippen molar-refractivity contribution in [3.05, 3.63) is 0 Å². The van der Waals surface area contributed by atoms with Crippen molar-refractivity contribution in [1.82, 2.24) is 0 Å². The van der Waals surface area contributed by atoms with Crippen LogP contribution in [-0.4, -0.2) is 62.2 Å². The number of alkyl halides is 1. The van der Waals surface area contributed by atoms with E-state index in [2.05, 4.69) is 15.9 Å². The first kappa shape index (κ1) is 17.4. The molecular weight excluding hydrogens is 336 g/mol. The SMILES string of the molecule is CO[C@@H]1[C@@H](OC(C)=O)[C@@H](Br)O[C@H](COC(C)=O)[C@H]1OC. The zero-order chi connectivity index (χ0) is 15.3. The van der Waals surface area contributed by atoms with Crippen LogP contribution >= 0.6 is 15.9 Å². The van der Waals surface area contributed by atoms with Gasteiger partial charge >= 0.3 is 11.9 Å². The highest BCUT2D eigenvalue weighted by Crippen LogP contribution is 2.30. The van der Waals surface area contributed by atoms with Crippen LogP contribution in [0.15, 0.2) is 0 Å². The molecule has 0 spiro atoms. The molecule has 0 aromatic carbocycles. The first-order valence-electron chi connectivity index (χ1n) is 6.06. The number of hydrogen-bond donors (Lipinski definition) is 0. The van der Waals surface area contributed by atoms with Crippen LogP contribution in [-0.2, 0) is 33.3 Å². The summed E-state index contributed by atoms with van der Waals surface area (Å²) < 4.78 is 26.5. The Morgan fingerprint density at radius 2 is 1.65 bits per heavy atom. The lowest BCUT2D eigenvalue weighted by molar-refractivity contribution is -0.231. The van der Waals surface area contributed by atoms with Gasteiger partial charge in [-0.05, 0) is 0 Å². The molecule has 0 aliphatic carbocycles. The Bertz CT molecular complexity index is 349. The minimum atomic E-state index is -0.656. The molecule has 0 aromatic rings. The highest BCUT2D eigenvalue weighted by Gasteiger charge is 2.48. The number of carbonyl (C=O) groups excluding carboxylic acids is 2. The quantitative estimate of drug-likeness (QED) is 0.529. The molecule has 0 saturated carbocycles. The highest BCUT2D eigenvalue weighted by atomic mass is 79.9. The minimum absolute atomic E-state index is 0.0303. The molecule has 0 bridgehead atoms. The summed E-state index contributed by atoms with van der Waals surface area (Å²) in [6, 6.07) is 0. The van der Waals surface area contributed by atoms with E-state index in [1.807, 2.05) is 0 Å². The monoisotopic (exact) mass is 354 g/mol. The van der Waals surface area contributed by atoms with Crippen LogP contribution in [0.25, 0.3) is 0 Å². The van der Waals surface area contributed by atoms with Crippen LogP contribution in [0.2, 0.25) is 0 Å². The summed E-state index contributed by atoms with van der Waals surface area (Å²) in [5, 5.41) is -0.580. The summed E-state index contributed by atoms with van der Waals surface area (Å²) in [7, 11) is 2.97. The standard InChI is InChI=1S/C12H19BrO7/c1-6(14)18-5-8-9(16-3)10(17-4)11(12(13)20-8)19-7(2)15/h8-12H,5H2,1-4H3/t8-,9-,10+,11-,12+/m1/s1. The fourth-order valence-corrected chi connectivity index (χ4v) is 2.76. The zero-order valence-electron chi connectivity index (χ0n) is 11.8. The van der Waals surface area contributed by atoms with Crippen molar-refractivity contribution in [2.75, 3.05) is 20.8 Å². The lowest BCUT2D eigenvalue weighted by Crippen LogP contribution is -2.59. The average Bonchev–Trinajstić information content (AvgIpc) is 2.37. The summed E-state index contributed by atoms with van der Waals surface area (Å²) >= 11 is 3.29. The first-order valence-corrected chi connectivity index (χ1v) is 6.98. The van der Waals surface area contributed by atoms with Gasteiger partial charge in [-0.2, -0.15) is 0 Å². The van der Waals surface area contributed by atoms with Crippen LogP contribution in [0, 0.1) is 0 Å². The second kappa shape index (κ2) is 7.92. The maximum absolute atomic E-state index is 11.1. The van der Waals surface area contributed by atoms with E-state index in [0.29, 0.717) is 0 Å². The molecule has 5 atom stereocenters. The number of halogens is 1. The third-order valence-electron chi connectivity index (χ3n) is 2.87. The van der Waals surface area contributed by atoms with E-state index in [1.165, 1.54) is 28.1 Å². The molecule has 1 fully saturated rings. The molecule has 1 aliphatic rings. The number of esters is 2. The average molecular weight is 355 g/mol. The third-order valence-corrected chi connectivity index (χ3v) is 3.61. The number of carbonyl (C=O) groups is 2. The fraction of sp³-hybridized carbons (Fsp3) is 0.833. The molecule has 8 heteroatoms. The summed E-state index contributed by atoms with van der Waals surface area (Å²) in [5.41, 5.74) is 0. The van der Waals surface area contributed by atoms with E-state index in [1.54, 1.807) is 0 Å². The largest absolute Gasteiger partial charge is 0.463 e. The number of rotatable bonds is 5. The maximum atomic E-state index is 11.1. The molecule has 1 rings (SSSR count). The molecule has 0 N–H and O–H groups in total. The Balaban J connectivity index is 2.83. The summed E-state index contributed by atoms with van der Waals surface area (Å²) in [6.07, 6.45) is -2.25. The van der Waals surface area contributed by atoms with Gasteiger partial charge in [-0.25, -0.2) is 0 Å². The van der Waals surface area contributed by atoms with E-state index in [4.69, 9.17) is 23.7 Å². The predicted molar refractivity (Wildman–Crippen MR) is 71.4 cm³/mol. The smallest absolute Gasteiger partial charge is 0.303 e. The van der Waals surface area contributed by atoms with E-state index in [9.17, 15) is 9.59 Å². The molecule has 116 valence electrons. The van der Waals surface area contributed by atoms with Crippen LogP contribution in [0.3, 0.4) is 0 Å². The van der Waals surface area contributed by atoms with Crippen LogP contribution in [0.5, 0.6) is 0 Å². The second-order valence-corrected chi connectivity index (χ2v) is 5.21. The van der Waals surface area contributed by atoms with Gasteiger partial charge in [-0.3, -0.25) is 9.59 Å². The van der Waals surface area contributed by atoms with Crippen molar-refractivity contribution < 1.29 is 33.3 Å². The second-order valence-electron chi connectivity index (χ2n) is 4.30. The zero-order valence-corrected chi connectivity index (χ0v) is 13.4. The van der Waals surface area contributed by atoms with Gasteiger partial charge in [-0.1, -0.05) is 15.9 Å². The summed E-state index contributed by atoms with van der Waals surface area (Å²) in [5.74, 6) is -0.857. The van der Waals surface area contributed by atoms with Crippen molar-refractivity contribution in [3.8, 4) is 0 Å². The van der Waals surface area contributed by atoms with Gasteiger partial charge in [0, 0.05) is 28.1 Å². The van der Waals surface area contributed by atoms with Crippen LogP contribution < -0.4 is 0 Å². The molecule has 1 saturated heterocycles. The third kappa shape index (κ3) is 4.41. The topological polar surface area (TPSA) is 80.3 Å². The van der Waals surface area contributed by atoms with Gasteiger partial charge in [0.2, 0.25) is 0 Å². The molecule has 0 radical (unpaired) electrons. The van der Waals surface area contributed by atoms with Crippen LogP contribution in [0.1, 0.15) is 13.8 Å². The molecule has 0 aromatic heterocycles. The van der Waals surface area contributed by atoms with Gasteiger partial charge in [-0.15, -0.1) is 0 Å². The highest BCUT2D eigenvalue weighted by molar-refractivity contribution is 9.09. The molecule has 1 heterocycles. The number of ether oxygens (including phenoxy) is 5. The number of methoxy groups -OCH3 is 2. The van der Waals surface area contributed by atoms with Crippen LogP contribution in [0.4, 0.5) is 0 Å². The molecular formula is C12H19BrO7. The first-order chi connectivity index (χ1) is 9.40. The van der Waals surface area contributed by atoms with Crippen molar-refractivity contribution >= 4 is 27.9 Å². The maximum Gasteiger partial charge on any atom is 0.303 e. The Morgan fingerprint density at radius 1 is 1.05 bits per heavy atom. The normalized spacial score (nSPS) is 33.5. The number of hydrogen-bond acceptors (Lipinski definition) is 7. The summed E-state index contributed by atoms with van der Waals surface area (Å²) in [6.45, 7) is 2.65. The van der Waals surface area contributed by atoms with Gasteiger partial charge in [0.05, 0.1) is 0 Å². The van der Waals surface area contributed by atoms with Gasteiger partial charge < -0.3 is 23.7 Å². The molecule has 7 nitrogen and oxygen atoms in total. The fourth-order valence-electron chi connectivity index (χ4n) is 2.07. The van der Waals surface area contributed by atoms with E-state index in [0.717, 1.165) is 0 Å². The Labute approximate surface area is 126 Å². The van der Waals surface area contributed by atoms with Gasteiger partial charge in [0.1, 0.15) is 24.9 Å². The predicted octanol–water partition coefficient (Wildman–Crippen LogP) is 0.631. The van der Waals surface area contributed by atoms with Crippen molar-refractivity contribution in [1.29, 1.82) is 0 Å².